The van der Waals surface area contributed by atoms with Crippen LogP contribution in [0.3, 0.4) is 0 Å². The van der Waals surface area contributed by atoms with E-state index in [2.05, 4.69) is 109 Å². The van der Waals surface area contributed by atoms with Gasteiger partial charge >= 0.3 is 0 Å². The van der Waals surface area contributed by atoms with Crippen LogP contribution in [0.1, 0.15) is 48.9 Å². The molecule has 2 unspecified atom stereocenters. The number of rotatable bonds is 7. The lowest BCUT2D eigenvalue weighted by Crippen LogP contribution is -2.41. The van der Waals surface area contributed by atoms with Crippen LogP contribution in [0.2, 0.25) is 0 Å². The van der Waals surface area contributed by atoms with E-state index in [9.17, 15) is 0 Å². The first kappa shape index (κ1) is 21.2. The summed E-state index contributed by atoms with van der Waals surface area (Å²) in [7, 11) is 0. The van der Waals surface area contributed by atoms with Gasteiger partial charge in [-0.25, -0.2) is 0 Å². The van der Waals surface area contributed by atoms with Crippen LogP contribution in [0.5, 0.6) is 0 Å². The van der Waals surface area contributed by atoms with Gasteiger partial charge in [0.05, 0.1) is 12.1 Å². The molecule has 1 aliphatic heterocycles. The minimum atomic E-state index is 0.140. The van der Waals surface area contributed by atoms with E-state index < -0.39 is 0 Å². The highest BCUT2D eigenvalue weighted by Crippen LogP contribution is 2.41. The van der Waals surface area contributed by atoms with Crippen molar-refractivity contribution in [1.29, 1.82) is 0 Å². The second kappa shape index (κ2) is 10.3. The first-order chi connectivity index (χ1) is 15.3. The van der Waals surface area contributed by atoms with Gasteiger partial charge in [0, 0.05) is 6.54 Å². The summed E-state index contributed by atoms with van der Waals surface area (Å²) < 4.78 is 0. The maximum Gasteiger partial charge on any atom is 0.0719 e. The van der Waals surface area contributed by atoms with Gasteiger partial charge < -0.3 is 0 Å². The lowest BCUT2D eigenvalue weighted by Gasteiger charge is -2.41. The van der Waals surface area contributed by atoms with Gasteiger partial charge in [-0.3, -0.25) is 4.90 Å². The Morgan fingerprint density at radius 1 is 0.903 bits per heavy atom. The first-order valence-corrected chi connectivity index (χ1v) is 11.3. The van der Waals surface area contributed by atoms with Gasteiger partial charge in [0.1, 0.15) is 0 Å². The number of benzene rings is 3. The summed E-state index contributed by atoms with van der Waals surface area (Å²) in [4.78, 5) is 2.56. The molecule has 3 aromatic carbocycles. The lowest BCUT2D eigenvalue weighted by molar-refractivity contribution is 0.174. The summed E-state index contributed by atoms with van der Waals surface area (Å²) in [6.45, 7) is 3.28. The van der Waals surface area contributed by atoms with E-state index >= 15 is 0 Å². The van der Waals surface area contributed by atoms with Crippen LogP contribution in [0.25, 0.3) is 5.57 Å². The van der Waals surface area contributed by atoms with Crippen molar-refractivity contribution in [3.63, 3.8) is 0 Å². The average Bonchev–Trinajstić information content (AvgIpc) is 2.83. The highest BCUT2D eigenvalue weighted by Gasteiger charge is 2.32. The molecular weight excluding hydrogens is 374 g/mol. The fraction of sp³-hybridized carbons (Fsp3) is 0.267. The fourth-order valence-electron chi connectivity index (χ4n) is 4.89. The number of hydrogen-bond acceptors (Lipinski definition) is 1. The van der Waals surface area contributed by atoms with Gasteiger partial charge in [-0.2, -0.15) is 0 Å². The Balaban J connectivity index is 1.59. The van der Waals surface area contributed by atoms with Crippen LogP contribution in [-0.2, 0) is 6.42 Å². The van der Waals surface area contributed by atoms with E-state index in [1.165, 1.54) is 27.8 Å². The van der Waals surface area contributed by atoms with E-state index in [0.29, 0.717) is 0 Å². The molecule has 4 rings (SSSR count). The molecule has 0 fully saturated rings. The average molecular weight is 406 g/mol. The van der Waals surface area contributed by atoms with Crippen LogP contribution < -0.4 is 0 Å². The van der Waals surface area contributed by atoms with E-state index in [1.807, 2.05) is 0 Å². The molecule has 0 saturated heterocycles. The topological polar surface area (TPSA) is 3.24 Å². The van der Waals surface area contributed by atoms with Crippen LogP contribution in [0, 0.1) is 12.3 Å². The zero-order valence-corrected chi connectivity index (χ0v) is 18.4. The Morgan fingerprint density at radius 3 is 2.16 bits per heavy atom. The van der Waals surface area contributed by atoms with Crippen molar-refractivity contribution in [2.24, 2.45) is 0 Å². The first-order valence-electron chi connectivity index (χ1n) is 11.3. The Kier molecular flexibility index (Phi) is 7.03. The Hall–Kier alpha value is -3.08. The third-order valence-corrected chi connectivity index (χ3v) is 6.45. The Labute approximate surface area is 187 Å². The predicted molar refractivity (Wildman–Crippen MR) is 132 cm³/mol. The number of hydrogen-bond donors (Lipinski definition) is 0. The minimum Gasteiger partial charge on any atom is -0.279 e. The molecule has 1 heteroatoms. The summed E-state index contributed by atoms with van der Waals surface area (Å²) in [6.07, 6.45) is 10.3. The molecule has 31 heavy (non-hydrogen) atoms. The SMILES string of the molecule is C#CC(CCCc1ccccc1)N1CCC(c2ccccc2)=C(C)C1c1ccccc1. The highest BCUT2D eigenvalue weighted by atomic mass is 15.2. The van der Waals surface area contributed by atoms with Crippen molar-refractivity contribution in [2.75, 3.05) is 6.54 Å². The van der Waals surface area contributed by atoms with Gasteiger partial charge in [0.25, 0.3) is 0 Å². The van der Waals surface area contributed by atoms with Gasteiger partial charge in [-0.15, -0.1) is 6.42 Å². The van der Waals surface area contributed by atoms with Gasteiger partial charge in [-0.05, 0) is 60.4 Å². The van der Waals surface area contributed by atoms with Crippen molar-refractivity contribution >= 4 is 5.57 Å². The monoisotopic (exact) mass is 405 g/mol. The molecule has 0 aliphatic carbocycles. The smallest absolute Gasteiger partial charge is 0.0719 e. The van der Waals surface area contributed by atoms with Crippen molar-refractivity contribution in [1.82, 2.24) is 4.90 Å². The van der Waals surface area contributed by atoms with Gasteiger partial charge in [-0.1, -0.05) is 96.9 Å². The van der Waals surface area contributed by atoms with Crippen molar-refractivity contribution < 1.29 is 0 Å². The summed E-state index contributed by atoms with van der Waals surface area (Å²) in [5.41, 5.74) is 6.94. The molecule has 3 aromatic rings. The second-order valence-electron chi connectivity index (χ2n) is 8.39. The molecule has 1 aliphatic rings. The molecule has 0 N–H and O–H groups in total. The second-order valence-corrected chi connectivity index (χ2v) is 8.39. The van der Waals surface area contributed by atoms with Crippen LogP contribution in [-0.4, -0.2) is 17.5 Å². The van der Waals surface area contributed by atoms with Crippen LogP contribution >= 0.6 is 0 Å². The molecule has 0 saturated carbocycles. The summed E-state index contributed by atoms with van der Waals surface area (Å²) >= 11 is 0. The minimum absolute atomic E-state index is 0.140. The number of terminal acetylenes is 1. The van der Waals surface area contributed by atoms with E-state index in [1.54, 1.807) is 0 Å². The fourth-order valence-corrected chi connectivity index (χ4v) is 4.89. The summed E-state index contributed by atoms with van der Waals surface area (Å²) in [5, 5.41) is 0. The van der Waals surface area contributed by atoms with Crippen molar-refractivity contribution in [3.05, 3.63) is 113 Å². The number of aryl methyl sites for hydroxylation is 1. The molecule has 1 nitrogen and oxygen atoms in total. The standard InChI is InChI=1S/C30H31N/c1-3-28(21-13-16-25-14-7-4-8-15-25)31-23-22-29(26-17-9-5-10-18-26)24(2)30(31)27-19-11-6-12-20-27/h1,4-12,14-15,17-20,28,30H,13,16,21-23H2,2H3. The third-order valence-electron chi connectivity index (χ3n) is 6.45. The van der Waals surface area contributed by atoms with Gasteiger partial charge in [0.15, 0.2) is 0 Å². The molecule has 2 atom stereocenters. The zero-order valence-electron chi connectivity index (χ0n) is 18.4. The number of nitrogens with zero attached hydrogens (tertiary/aromatic N) is 1. The van der Waals surface area contributed by atoms with Gasteiger partial charge in [0.2, 0.25) is 0 Å². The third kappa shape index (κ3) is 4.98. The maximum absolute atomic E-state index is 6.11. The van der Waals surface area contributed by atoms with E-state index in [4.69, 9.17) is 6.42 Å². The predicted octanol–water partition coefficient (Wildman–Crippen LogP) is 6.93. The van der Waals surface area contributed by atoms with Crippen molar-refractivity contribution in [2.45, 2.75) is 44.7 Å². The molecule has 1 heterocycles. The quantitative estimate of drug-likeness (QED) is 0.385. The summed E-state index contributed by atoms with van der Waals surface area (Å²) in [6, 6.07) is 32.7. The molecule has 0 aromatic heterocycles. The molecule has 0 radical (unpaired) electrons. The molecule has 0 amide bonds. The van der Waals surface area contributed by atoms with E-state index in [-0.39, 0.29) is 12.1 Å². The van der Waals surface area contributed by atoms with E-state index in [0.717, 1.165) is 32.2 Å². The normalized spacial score (nSPS) is 17.9. The molecule has 0 bridgehead atoms. The van der Waals surface area contributed by atoms with Crippen LogP contribution in [0.4, 0.5) is 0 Å². The largest absolute Gasteiger partial charge is 0.279 e. The summed E-state index contributed by atoms with van der Waals surface area (Å²) in [5.74, 6) is 3.14. The molecular formula is C30H31N. The molecule has 156 valence electrons. The Bertz CT molecular complexity index is 1030. The Morgan fingerprint density at radius 2 is 1.52 bits per heavy atom. The van der Waals surface area contributed by atoms with Crippen LogP contribution in [0.15, 0.2) is 96.6 Å². The zero-order chi connectivity index (χ0) is 21.5. The highest BCUT2D eigenvalue weighted by molar-refractivity contribution is 5.71. The lowest BCUT2D eigenvalue weighted by atomic mass is 9.84. The molecule has 0 spiro atoms. The van der Waals surface area contributed by atoms with Crippen molar-refractivity contribution in [3.8, 4) is 12.3 Å². The maximum atomic E-state index is 6.11.